The zero-order valence-corrected chi connectivity index (χ0v) is 15.8. The number of amides is 1. The number of nitro groups is 1. The van der Waals surface area contributed by atoms with E-state index in [1.807, 2.05) is 35.0 Å². The number of fused-ring (bicyclic) bond motifs is 1. The Balaban J connectivity index is 1.49. The molecular weight excluding hydrogens is 392 g/mol. The molecule has 1 aromatic carbocycles. The largest absolute Gasteiger partial charge is 0.493 e. The minimum Gasteiger partial charge on any atom is -0.493 e. The number of rotatable bonds is 7. The van der Waals surface area contributed by atoms with Gasteiger partial charge in [-0.3, -0.25) is 14.9 Å². The summed E-state index contributed by atoms with van der Waals surface area (Å²) in [6.45, 7) is 0.194. The molecule has 0 aliphatic rings. The summed E-state index contributed by atoms with van der Waals surface area (Å²) < 4.78 is 17.9. The number of imidazole rings is 1. The van der Waals surface area contributed by atoms with Gasteiger partial charge >= 0.3 is 5.88 Å². The van der Waals surface area contributed by atoms with Gasteiger partial charge in [0, 0.05) is 24.1 Å². The van der Waals surface area contributed by atoms with E-state index in [0.717, 1.165) is 17.4 Å². The Morgan fingerprint density at radius 2 is 2.10 bits per heavy atom. The van der Waals surface area contributed by atoms with Gasteiger partial charge in [0.15, 0.2) is 17.3 Å². The van der Waals surface area contributed by atoms with Crippen LogP contribution in [0.25, 0.3) is 5.65 Å². The van der Waals surface area contributed by atoms with Gasteiger partial charge in [-0.1, -0.05) is 6.07 Å². The lowest BCUT2D eigenvalue weighted by Crippen LogP contribution is -2.11. The first-order valence-electron chi connectivity index (χ1n) is 8.82. The second kappa shape index (κ2) is 7.95. The van der Waals surface area contributed by atoms with Gasteiger partial charge in [0.2, 0.25) is 0 Å². The van der Waals surface area contributed by atoms with E-state index in [2.05, 4.69) is 10.3 Å². The second-order valence-electron chi connectivity index (χ2n) is 6.20. The maximum atomic E-state index is 12.3. The van der Waals surface area contributed by atoms with Crippen LogP contribution in [0, 0.1) is 10.1 Å². The highest BCUT2D eigenvalue weighted by Gasteiger charge is 2.18. The molecule has 0 aliphatic carbocycles. The zero-order chi connectivity index (χ0) is 21.1. The molecule has 152 valence electrons. The van der Waals surface area contributed by atoms with Crippen molar-refractivity contribution >= 4 is 23.1 Å². The number of pyridine rings is 1. The first-order valence-corrected chi connectivity index (χ1v) is 8.82. The number of anilines is 1. The number of aromatic nitrogens is 2. The molecule has 0 unspecified atom stereocenters. The van der Waals surface area contributed by atoms with Crippen LogP contribution in [0.15, 0.2) is 65.3 Å². The summed E-state index contributed by atoms with van der Waals surface area (Å²) in [6, 6.07) is 12.9. The van der Waals surface area contributed by atoms with Gasteiger partial charge in [-0.15, -0.1) is 0 Å². The van der Waals surface area contributed by atoms with Crippen molar-refractivity contribution in [3.63, 3.8) is 0 Å². The lowest BCUT2D eigenvalue weighted by atomic mass is 10.2. The van der Waals surface area contributed by atoms with Gasteiger partial charge in [0.05, 0.1) is 18.9 Å². The van der Waals surface area contributed by atoms with Gasteiger partial charge < -0.3 is 23.6 Å². The molecule has 1 amide bonds. The summed E-state index contributed by atoms with van der Waals surface area (Å²) in [6.07, 6.45) is 3.75. The Bertz CT molecular complexity index is 1200. The van der Waals surface area contributed by atoms with Crippen molar-refractivity contribution in [2.24, 2.45) is 0 Å². The maximum Gasteiger partial charge on any atom is 0.433 e. The summed E-state index contributed by atoms with van der Waals surface area (Å²) in [5.74, 6) is -0.432. The van der Waals surface area contributed by atoms with Crippen LogP contribution in [0.3, 0.4) is 0 Å². The quantitative estimate of drug-likeness (QED) is 0.366. The molecule has 10 nitrogen and oxygen atoms in total. The number of ether oxygens (including phenoxy) is 2. The molecule has 30 heavy (non-hydrogen) atoms. The molecule has 4 rings (SSSR count). The van der Waals surface area contributed by atoms with Crippen LogP contribution in [0.2, 0.25) is 0 Å². The van der Waals surface area contributed by atoms with Crippen LogP contribution < -0.4 is 14.8 Å². The van der Waals surface area contributed by atoms with Crippen LogP contribution >= 0.6 is 0 Å². The maximum absolute atomic E-state index is 12.3. The molecule has 0 bridgehead atoms. The Morgan fingerprint density at radius 3 is 2.83 bits per heavy atom. The highest BCUT2D eigenvalue weighted by Crippen LogP contribution is 2.31. The molecule has 0 spiro atoms. The van der Waals surface area contributed by atoms with Crippen molar-refractivity contribution in [3.8, 4) is 11.5 Å². The molecule has 0 fully saturated rings. The first kappa shape index (κ1) is 19.0. The van der Waals surface area contributed by atoms with E-state index in [0.29, 0.717) is 17.2 Å². The number of nitrogens with one attached hydrogen (secondary N) is 1. The van der Waals surface area contributed by atoms with Crippen molar-refractivity contribution < 1.29 is 23.6 Å². The van der Waals surface area contributed by atoms with E-state index in [-0.39, 0.29) is 12.4 Å². The fourth-order valence-electron chi connectivity index (χ4n) is 2.82. The Kier molecular flexibility index (Phi) is 5.04. The van der Waals surface area contributed by atoms with Crippen LogP contribution in [0.4, 0.5) is 11.6 Å². The van der Waals surface area contributed by atoms with E-state index in [1.165, 1.54) is 13.2 Å². The Morgan fingerprint density at radius 1 is 1.23 bits per heavy atom. The number of carbonyl (C=O) groups is 1. The number of hydrogen-bond acceptors (Lipinski definition) is 7. The smallest absolute Gasteiger partial charge is 0.433 e. The molecule has 3 heterocycles. The van der Waals surface area contributed by atoms with Crippen molar-refractivity contribution in [1.82, 2.24) is 9.38 Å². The summed E-state index contributed by atoms with van der Waals surface area (Å²) in [5, 5.41) is 13.3. The number of methoxy groups -OCH3 is 1. The third-order valence-corrected chi connectivity index (χ3v) is 4.21. The molecule has 0 radical (unpaired) electrons. The van der Waals surface area contributed by atoms with Crippen LogP contribution in [0.1, 0.15) is 16.2 Å². The predicted molar refractivity (Wildman–Crippen MR) is 106 cm³/mol. The normalized spacial score (nSPS) is 10.7. The minimum atomic E-state index is -0.713. The molecule has 0 atom stereocenters. The van der Waals surface area contributed by atoms with Crippen molar-refractivity contribution in [1.29, 1.82) is 0 Å². The van der Waals surface area contributed by atoms with E-state index >= 15 is 0 Å². The minimum absolute atomic E-state index is 0.176. The fourth-order valence-corrected chi connectivity index (χ4v) is 2.82. The van der Waals surface area contributed by atoms with E-state index < -0.39 is 16.7 Å². The van der Waals surface area contributed by atoms with Crippen molar-refractivity contribution in [3.05, 3.63) is 82.5 Å². The van der Waals surface area contributed by atoms with Gasteiger partial charge in [-0.25, -0.2) is 4.98 Å². The van der Waals surface area contributed by atoms with E-state index in [9.17, 15) is 14.9 Å². The van der Waals surface area contributed by atoms with E-state index in [1.54, 1.807) is 18.2 Å². The summed E-state index contributed by atoms with van der Waals surface area (Å²) in [4.78, 5) is 26.7. The standard InChI is InChI=1S/C20H16N4O6/c1-28-15-6-5-13(22-20(25)16-7-8-19(30-16)24(26)27)10-17(15)29-12-14-11-23-9-3-2-4-18(23)21-14/h2-11H,12H2,1H3,(H,22,25). The first-order chi connectivity index (χ1) is 14.5. The third kappa shape index (κ3) is 3.92. The monoisotopic (exact) mass is 408 g/mol. The van der Waals surface area contributed by atoms with Crippen LogP contribution in [-0.4, -0.2) is 27.3 Å². The van der Waals surface area contributed by atoms with Crippen molar-refractivity contribution in [2.45, 2.75) is 6.61 Å². The fraction of sp³-hybridized carbons (Fsp3) is 0.100. The lowest BCUT2D eigenvalue weighted by molar-refractivity contribution is -0.402. The molecule has 0 saturated carbocycles. The number of furan rings is 1. The topological polar surface area (TPSA) is 121 Å². The molecule has 0 saturated heterocycles. The SMILES string of the molecule is COc1ccc(NC(=O)c2ccc([N+](=O)[O-])o2)cc1OCc1cn2ccccc2n1. The lowest BCUT2D eigenvalue weighted by Gasteiger charge is -2.12. The average Bonchev–Trinajstić information content (AvgIpc) is 3.39. The average molecular weight is 408 g/mol. The second-order valence-corrected chi connectivity index (χ2v) is 6.20. The highest BCUT2D eigenvalue weighted by atomic mass is 16.6. The number of hydrogen-bond donors (Lipinski definition) is 1. The van der Waals surface area contributed by atoms with Gasteiger partial charge in [-0.2, -0.15) is 0 Å². The summed E-state index contributed by atoms with van der Waals surface area (Å²) in [5.41, 5.74) is 1.93. The third-order valence-electron chi connectivity index (χ3n) is 4.21. The molecule has 3 aromatic heterocycles. The number of carbonyl (C=O) groups excluding carboxylic acids is 1. The molecule has 0 aliphatic heterocycles. The summed E-state index contributed by atoms with van der Waals surface area (Å²) in [7, 11) is 1.51. The molecule has 1 N–H and O–H groups in total. The van der Waals surface area contributed by atoms with Crippen molar-refractivity contribution in [2.75, 3.05) is 12.4 Å². The van der Waals surface area contributed by atoms with Crippen LogP contribution in [-0.2, 0) is 6.61 Å². The Hall–Kier alpha value is -4.34. The number of benzene rings is 1. The number of nitrogens with zero attached hydrogens (tertiary/aromatic N) is 3. The highest BCUT2D eigenvalue weighted by molar-refractivity contribution is 6.02. The molecule has 4 aromatic rings. The Labute approximate surface area is 169 Å². The zero-order valence-electron chi connectivity index (χ0n) is 15.8. The van der Waals surface area contributed by atoms with E-state index in [4.69, 9.17) is 13.9 Å². The van der Waals surface area contributed by atoms with Gasteiger partial charge in [-0.05, 0) is 30.3 Å². The molecule has 10 heteroatoms. The van der Waals surface area contributed by atoms with Gasteiger partial charge in [0.25, 0.3) is 5.91 Å². The van der Waals surface area contributed by atoms with Crippen LogP contribution in [0.5, 0.6) is 11.5 Å². The predicted octanol–water partition coefficient (Wildman–Crippen LogP) is 3.68. The van der Waals surface area contributed by atoms with Gasteiger partial charge in [0.1, 0.15) is 17.2 Å². The summed E-state index contributed by atoms with van der Waals surface area (Å²) >= 11 is 0. The molecular formula is C20H16N4O6.